The highest BCUT2D eigenvalue weighted by Crippen LogP contribution is 2.34. The highest BCUT2D eigenvalue weighted by Gasteiger charge is 2.32. The summed E-state index contributed by atoms with van der Waals surface area (Å²) in [7, 11) is 0. The smallest absolute Gasteiger partial charge is 0.407 e. The second kappa shape index (κ2) is 10.9. The zero-order valence-electron chi connectivity index (χ0n) is 16.2. The van der Waals surface area contributed by atoms with Crippen LogP contribution in [0.5, 0.6) is 0 Å². The summed E-state index contributed by atoms with van der Waals surface area (Å²) in [6, 6.07) is 0. The van der Waals surface area contributed by atoms with Crippen LogP contribution in [0.25, 0.3) is 0 Å². The van der Waals surface area contributed by atoms with Gasteiger partial charge in [-0.25, -0.2) is 4.79 Å². The molecule has 0 rings (SSSR count). The molecule has 0 spiro atoms. The molecule has 0 aromatic carbocycles. The molecule has 0 aliphatic carbocycles. The van der Waals surface area contributed by atoms with E-state index >= 15 is 0 Å². The first-order valence-electron chi connectivity index (χ1n) is 9.29. The Kier molecular flexibility index (Phi) is 10.5. The number of nitrogens with one attached hydrogen (secondary N) is 1. The van der Waals surface area contributed by atoms with Crippen molar-refractivity contribution in [3.05, 3.63) is 0 Å². The van der Waals surface area contributed by atoms with Gasteiger partial charge in [-0.1, -0.05) is 52.9 Å². The predicted octanol–water partition coefficient (Wildman–Crippen LogP) is 4.90. The minimum Gasteiger partial charge on any atom is -0.444 e. The highest BCUT2D eigenvalue weighted by molar-refractivity contribution is 5.67. The van der Waals surface area contributed by atoms with E-state index in [1.807, 2.05) is 20.8 Å². The molecule has 0 aromatic rings. The molecule has 0 aromatic heterocycles. The molecule has 0 saturated carbocycles. The first kappa shape index (κ1) is 22.2. The predicted molar refractivity (Wildman–Crippen MR) is 96.6 cm³/mol. The van der Waals surface area contributed by atoms with Crippen molar-refractivity contribution in [1.82, 2.24) is 5.32 Å². The van der Waals surface area contributed by atoms with E-state index in [1.54, 1.807) is 0 Å². The number of hydrogen-bond acceptors (Lipinski definition) is 3. The van der Waals surface area contributed by atoms with Crippen LogP contribution < -0.4 is 5.32 Å². The molecular formula is C19H39NO3. The van der Waals surface area contributed by atoms with Crippen LogP contribution >= 0.6 is 0 Å². The summed E-state index contributed by atoms with van der Waals surface area (Å²) >= 11 is 0. The number of amides is 1. The summed E-state index contributed by atoms with van der Waals surface area (Å²) in [6.07, 6.45) is 7.24. The maximum atomic E-state index is 11.9. The van der Waals surface area contributed by atoms with Crippen LogP contribution in [0.1, 0.15) is 86.5 Å². The number of carbonyl (C=O) groups excluding carboxylic acids is 1. The summed E-state index contributed by atoms with van der Waals surface area (Å²) in [5.41, 5.74) is -0.732. The number of carbonyl (C=O) groups is 1. The van der Waals surface area contributed by atoms with E-state index in [0.29, 0.717) is 12.5 Å². The van der Waals surface area contributed by atoms with Gasteiger partial charge in [0.05, 0.1) is 6.61 Å². The molecule has 0 radical (unpaired) electrons. The fourth-order valence-electron chi connectivity index (χ4n) is 3.12. The van der Waals surface area contributed by atoms with Gasteiger partial charge in [-0.05, 0) is 39.5 Å². The van der Waals surface area contributed by atoms with Crippen molar-refractivity contribution in [2.45, 2.75) is 92.1 Å². The Labute approximate surface area is 143 Å². The summed E-state index contributed by atoms with van der Waals surface area (Å²) in [5, 5.41) is 12.9. The molecule has 2 unspecified atom stereocenters. The van der Waals surface area contributed by atoms with E-state index in [4.69, 9.17) is 4.74 Å². The van der Waals surface area contributed by atoms with Gasteiger partial charge in [0.25, 0.3) is 0 Å². The average molecular weight is 330 g/mol. The summed E-state index contributed by atoms with van der Waals surface area (Å²) in [5.74, 6) is 0.606. The van der Waals surface area contributed by atoms with E-state index in [1.165, 1.54) is 19.3 Å². The molecule has 0 saturated heterocycles. The first-order chi connectivity index (χ1) is 10.7. The van der Waals surface area contributed by atoms with Gasteiger partial charge in [0, 0.05) is 12.0 Å². The Morgan fingerprint density at radius 1 is 1.17 bits per heavy atom. The molecular weight excluding hydrogens is 290 g/mol. The Morgan fingerprint density at radius 3 is 2.26 bits per heavy atom. The average Bonchev–Trinajstić information content (AvgIpc) is 2.47. The molecule has 0 bridgehead atoms. The number of aliphatic hydroxyl groups is 1. The number of aliphatic hydroxyl groups excluding tert-OH is 1. The lowest BCUT2D eigenvalue weighted by Crippen LogP contribution is -2.43. The fraction of sp³-hybridized carbons (Fsp3) is 0.947. The Morgan fingerprint density at radius 2 is 1.83 bits per heavy atom. The number of hydrogen-bond donors (Lipinski definition) is 2. The molecule has 2 atom stereocenters. The van der Waals surface area contributed by atoms with Gasteiger partial charge in [-0.3, -0.25) is 0 Å². The molecule has 4 nitrogen and oxygen atoms in total. The minimum atomic E-state index is -0.496. The first-order valence-corrected chi connectivity index (χ1v) is 9.29. The van der Waals surface area contributed by atoms with E-state index < -0.39 is 11.7 Å². The van der Waals surface area contributed by atoms with Crippen molar-refractivity contribution >= 4 is 6.09 Å². The quantitative estimate of drug-likeness (QED) is 0.567. The largest absolute Gasteiger partial charge is 0.444 e. The zero-order valence-corrected chi connectivity index (χ0v) is 16.2. The number of ether oxygens (including phenoxy) is 1. The van der Waals surface area contributed by atoms with E-state index in [0.717, 1.165) is 25.7 Å². The molecule has 0 aliphatic heterocycles. The molecule has 4 heteroatoms. The summed E-state index contributed by atoms with van der Waals surface area (Å²) in [6.45, 7) is 12.7. The van der Waals surface area contributed by atoms with Crippen molar-refractivity contribution < 1.29 is 14.6 Å². The normalized spacial score (nSPS) is 15.8. The van der Waals surface area contributed by atoms with Crippen LogP contribution in [0.3, 0.4) is 0 Å². The molecule has 0 fully saturated rings. The second-order valence-electron chi connectivity index (χ2n) is 7.88. The van der Waals surface area contributed by atoms with E-state index in [-0.39, 0.29) is 12.0 Å². The standard InChI is InChI=1S/C19H39NO3/c1-7-10-11-16(9-3)13-19(15-21,12-8-2)14-20-17(22)23-18(4,5)6/h16,21H,7-15H2,1-6H3,(H,20,22). The lowest BCUT2D eigenvalue weighted by molar-refractivity contribution is 0.0410. The van der Waals surface area contributed by atoms with Gasteiger partial charge in [0.2, 0.25) is 0 Å². The fourth-order valence-corrected chi connectivity index (χ4v) is 3.12. The third kappa shape index (κ3) is 9.85. The molecule has 0 aliphatic rings. The number of alkyl carbamates (subject to hydrolysis) is 1. The highest BCUT2D eigenvalue weighted by atomic mass is 16.6. The Bertz CT molecular complexity index is 325. The molecule has 1 amide bonds. The topological polar surface area (TPSA) is 58.6 Å². The van der Waals surface area contributed by atoms with Crippen molar-refractivity contribution in [2.75, 3.05) is 13.2 Å². The van der Waals surface area contributed by atoms with Crippen LogP contribution in [-0.4, -0.2) is 30.0 Å². The van der Waals surface area contributed by atoms with Gasteiger partial charge < -0.3 is 15.2 Å². The Hall–Kier alpha value is -0.770. The van der Waals surface area contributed by atoms with Gasteiger partial charge in [-0.15, -0.1) is 0 Å². The summed E-state index contributed by atoms with van der Waals surface area (Å²) in [4.78, 5) is 11.9. The maximum Gasteiger partial charge on any atom is 0.407 e. The van der Waals surface area contributed by atoms with Crippen LogP contribution in [0, 0.1) is 11.3 Å². The Balaban J connectivity index is 4.78. The number of rotatable bonds is 11. The molecule has 2 N–H and O–H groups in total. The maximum absolute atomic E-state index is 11.9. The SMILES string of the molecule is CCCCC(CC)CC(CO)(CCC)CNC(=O)OC(C)(C)C. The van der Waals surface area contributed by atoms with Crippen molar-refractivity contribution in [1.29, 1.82) is 0 Å². The van der Waals surface area contributed by atoms with E-state index in [2.05, 4.69) is 26.1 Å². The molecule has 138 valence electrons. The zero-order chi connectivity index (χ0) is 17.9. The van der Waals surface area contributed by atoms with Gasteiger partial charge in [0.1, 0.15) is 5.60 Å². The lowest BCUT2D eigenvalue weighted by Gasteiger charge is -2.35. The van der Waals surface area contributed by atoms with Crippen LogP contribution in [0.15, 0.2) is 0 Å². The summed E-state index contributed by atoms with van der Waals surface area (Å²) < 4.78 is 5.32. The van der Waals surface area contributed by atoms with Crippen LogP contribution in [-0.2, 0) is 4.74 Å². The van der Waals surface area contributed by atoms with E-state index in [9.17, 15) is 9.90 Å². The third-order valence-electron chi connectivity index (χ3n) is 4.39. The van der Waals surface area contributed by atoms with Crippen LogP contribution in [0.4, 0.5) is 4.79 Å². The second-order valence-corrected chi connectivity index (χ2v) is 7.88. The molecule has 0 heterocycles. The van der Waals surface area contributed by atoms with Gasteiger partial charge in [0.15, 0.2) is 0 Å². The number of unbranched alkanes of at least 4 members (excludes halogenated alkanes) is 1. The van der Waals surface area contributed by atoms with Crippen molar-refractivity contribution in [3.8, 4) is 0 Å². The van der Waals surface area contributed by atoms with Crippen molar-refractivity contribution in [3.63, 3.8) is 0 Å². The minimum absolute atomic E-state index is 0.110. The third-order valence-corrected chi connectivity index (χ3v) is 4.39. The van der Waals surface area contributed by atoms with Gasteiger partial charge in [-0.2, -0.15) is 0 Å². The molecule has 23 heavy (non-hydrogen) atoms. The van der Waals surface area contributed by atoms with Crippen molar-refractivity contribution in [2.24, 2.45) is 11.3 Å². The monoisotopic (exact) mass is 329 g/mol. The lowest BCUT2D eigenvalue weighted by atomic mass is 9.74. The van der Waals surface area contributed by atoms with Gasteiger partial charge >= 0.3 is 6.09 Å². The van der Waals surface area contributed by atoms with Crippen LogP contribution in [0.2, 0.25) is 0 Å².